The Hall–Kier alpha value is 0.657. The second kappa shape index (κ2) is 5.33. The van der Waals surface area contributed by atoms with Crippen LogP contribution in [0.15, 0.2) is 0 Å². The molecule has 0 heterocycles. The molecule has 0 aliphatic rings. The minimum Gasteiger partial charge on any atom is -0.413 e. The molecule has 1 nitrogen and oxygen atoms in total. The van der Waals surface area contributed by atoms with Gasteiger partial charge in [0.15, 0.2) is 0 Å². The van der Waals surface area contributed by atoms with E-state index in [1.54, 1.807) is 0 Å². The van der Waals surface area contributed by atoms with Crippen LogP contribution in [0.4, 0.5) is 0 Å². The van der Waals surface area contributed by atoms with E-state index in [0.29, 0.717) is 5.92 Å². The Morgan fingerprint density at radius 1 is 1.64 bits per heavy atom. The van der Waals surface area contributed by atoms with Crippen LogP contribution in [0.2, 0.25) is 0 Å². The molecule has 0 N–H and O–H groups in total. The summed E-state index contributed by atoms with van der Waals surface area (Å²) < 4.78 is 5.38. The van der Waals surface area contributed by atoms with Gasteiger partial charge in [-0.15, -0.1) is 0 Å². The third-order valence-electron chi connectivity index (χ3n) is 2.27. The van der Waals surface area contributed by atoms with Crippen LogP contribution in [-0.4, -0.2) is 15.0 Å². The topological polar surface area (TPSA) is 9.23 Å². The third kappa shape index (κ3) is 4.28. The smallest absolute Gasteiger partial charge is 0.147 e. The Labute approximate surface area is 81.6 Å². The zero-order valence-corrected chi connectivity index (χ0v) is 11.6. The first-order valence-electron chi connectivity index (χ1n) is 4.28. The summed E-state index contributed by atoms with van der Waals surface area (Å²) >= 11 is 3.59. The van der Waals surface area contributed by atoms with Crippen molar-refractivity contribution in [1.29, 1.82) is 0 Å². The van der Waals surface area contributed by atoms with Crippen molar-refractivity contribution < 1.29 is 4.43 Å². The van der Waals surface area contributed by atoms with Crippen LogP contribution in [0.5, 0.6) is 0 Å². The standard InChI is InChI=1S/C8H19BrOSi/c1-4-5-6-7(2)8(3,9)10-11/h7H,4-6H2,1-3,11H3. The first-order chi connectivity index (χ1) is 5.04. The van der Waals surface area contributed by atoms with Crippen LogP contribution in [0.25, 0.3) is 0 Å². The summed E-state index contributed by atoms with van der Waals surface area (Å²) in [6, 6.07) is 0. The summed E-state index contributed by atoms with van der Waals surface area (Å²) in [5.74, 6) is 0.611. The first kappa shape index (κ1) is 11.7. The fourth-order valence-electron chi connectivity index (χ4n) is 0.969. The minimum atomic E-state index is -0.0750. The molecule has 0 aromatic rings. The SMILES string of the molecule is CCCCC(C)C(C)(Br)O[SiH3]. The summed E-state index contributed by atoms with van der Waals surface area (Å²) in [5.41, 5.74) is 0. The number of halogens is 1. The monoisotopic (exact) mass is 238 g/mol. The van der Waals surface area contributed by atoms with Gasteiger partial charge in [0.05, 0.1) is 0 Å². The molecule has 0 saturated carbocycles. The maximum atomic E-state index is 5.45. The van der Waals surface area contributed by atoms with Gasteiger partial charge in [0.1, 0.15) is 15.0 Å². The lowest BCUT2D eigenvalue weighted by Gasteiger charge is -2.28. The van der Waals surface area contributed by atoms with Gasteiger partial charge >= 0.3 is 0 Å². The maximum Gasteiger partial charge on any atom is 0.147 e. The fourth-order valence-corrected chi connectivity index (χ4v) is 1.60. The van der Waals surface area contributed by atoms with Gasteiger partial charge in [0.2, 0.25) is 0 Å². The molecule has 68 valence electrons. The van der Waals surface area contributed by atoms with Gasteiger partial charge in [-0.25, -0.2) is 0 Å². The Bertz CT molecular complexity index is 106. The van der Waals surface area contributed by atoms with Crippen molar-refractivity contribution in [1.82, 2.24) is 0 Å². The minimum absolute atomic E-state index is 0.0750. The Kier molecular flexibility index (Phi) is 5.65. The van der Waals surface area contributed by atoms with E-state index in [2.05, 4.69) is 36.7 Å². The Morgan fingerprint density at radius 3 is 2.55 bits per heavy atom. The highest BCUT2D eigenvalue weighted by Gasteiger charge is 2.25. The van der Waals surface area contributed by atoms with Crippen molar-refractivity contribution in [3.8, 4) is 0 Å². The summed E-state index contributed by atoms with van der Waals surface area (Å²) in [4.78, 5) is 0. The highest BCUT2D eigenvalue weighted by atomic mass is 79.9. The van der Waals surface area contributed by atoms with E-state index in [1.807, 2.05) is 0 Å². The second-order valence-electron chi connectivity index (χ2n) is 3.23. The van der Waals surface area contributed by atoms with E-state index >= 15 is 0 Å². The lowest BCUT2D eigenvalue weighted by Crippen LogP contribution is -2.28. The van der Waals surface area contributed by atoms with E-state index in [-0.39, 0.29) is 4.51 Å². The van der Waals surface area contributed by atoms with Gasteiger partial charge in [-0.1, -0.05) is 42.6 Å². The average molecular weight is 239 g/mol. The lowest BCUT2D eigenvalue weighted by molar-refractivity contribution is 0.139. The predicted molar refractivity (Wildman–Crippen MR) is 57.0 cm³/mol. The molecule has 0 aromatic heterocycles. The molecule has 0 aliphatic heterocycles. The van der Waals surface area contributed by atoms with E-state index in [4.69, 9.17) is 4.43 Å². The summed E-state index contributed by atoms with van der Waals surface area (Å²) in [5, 5.41) is 0. The zero-order valence-electron chi connectivity index (χ0n) is 7.98. The molecule has 11 heavy (non-hydrogen) atoms. The lowest BCUT2D eigenvalue weighted by atomic mass is 9.99. The molecule has 2 unspecified atom stereocenters. The first-order valence-corrected chi connectivity index (χ1v) is 5.89. The van der Waals surface area contributed by atoms with Gasteiger partial charge < -0.3 is 4.43 Å². The van der Waals surface area contributed by atoms with Crippen molar-refractivity contribution in [3.63, 3.8) is 0 Å². The molecular weight excluding hydrogens is 220 g/mol. The number of rotatable bonds is 5. The van der Waals surface area contributed by atoms with Crippen molar-refractivity contribution in [2.75, 3.05) is 0 Å². The number of hydrogen-bond acceptors (Lipinski definition) is 1. The molecule has 2 atom stereocenters. The van der Waals surface area contributed by atoms with Crippen molar-refractivity contribution >= 4 is 26.4 Å². The van der Waals surface area contributed by atoms with Gasteiger partial charge in [0, 0.05) is 0 Å². The largest absolute Gasteiger partial charge is 0.413 e. The van der Waals surface area contributed by atoms with Crippen LogP contribution in [0.3, 0.4) is 0 Å². The Balaban J connectivity index is 3.71. The quantitative estimate of drug-likeness (QED) is 0.528. The number of alkyl halides is 1. The molecule has 0 saturated heterocycles. The van der Waals surface area contributed by atoms with Gasteiger partial charge in [-0.3, -0.25) is 0 Å². The van der Waals surface area contributed by atoms with Gasteiger partial charge in [0.25, 0.3) is 0 Å². The molecule has 0 bridgehead atoms. The molecule has 0 amide bonds. The van der Waals surface area contributed by atoms with Crippen molar-refractivity contribution in [3.05, 3.63) is 0 Å². The summed E-state index contributed by atoms with van der Waals surface area (Å²) in [7, 11) is 0.807. The van der Waals surface area contributed by atoms with Gasteiger partial charge in [-0.2, -0.15) is 0 Å². The van der Waals surface area contributed by atoms with Crippen molar-refractivity contribution in [2.24, 2.45) is 5.92 Å². The summed E-state index contributed by atoms with van der Waals surface area (Å²) in [6.45, 7) is 6.57. The normalized spacial score (nSPS) is 19.6. The molecule has 0 radical (unpaired) electrons. The molecule has 0 spiro atoms. The zero-order chi connectivity index (χ0) is 8.91. The third-order valence-corrected chi connectivity index (χ3v) is 4.82. The van der Waals surface area contributed by atoms with E-state index < -0.39 is 0 Å². The molecule has 3 heteroatoms. The van der Waals surface area contributed by atoms with E-state index in [0.717, 1.165) is 10.5 Å². The highest BCUT2D eigenvalue weighted by molar-refractivity contribution is 9.10. The Morgan fingerprint density at radius 2 is 2.18 bits per heavy atom. The number of hydrogen-bond donors (Lipinski definition) is 0. The average Bonchev–Trinajstić information content (AvgIpc) is 2.00. The van der Waals surface area contributed by atoms with Gasteiger partial charge in [-0.05, 0) is 19.3 Å². The van der Waals surface area contributed by atoms with Crippen molar-refractivity contribution in [2.45, 2.75) is 44.5 Å². The predicted octanol–water partition coefficient (Wildman–Crippen LogP) is 2.22. The molecule has 0 aliphatic carbocycles. The van der Waals surface area contributed by atoms with Crippen LogP contribution in [0.1, 0.15) is 40.0 Å². The van der Waals surface area contributed by atoms with E-state index in [9.17, 15) is 0 Å². The van der Waals surface area contributed by atoms with Crippen LogP contribution < -0.4 is 0 Å². The molecule has 0 fully saturated rings. The van der Waals surface area contributed by atoms with Crippen LogP contribution in [0, 0.1) is 5.92 Å². The highest BCUT2D eigenvalue weighted by Crippen LogP contribution is 2.30. The second-order valence-corrected chi connectivity index (χ2v) is 5.22. The molecular formula is C8H19BrOSi. The molecule has 0 aromatic carbocycles. The van der Waals surface area contributed by atoms with E-state index in [1.165, 1.54) is 19.3 Å². The number of unbranched alkanes of at least 4 members (excludes halogenated alkanes) is 1. The fraction of sp³-hybridized carbons (Fsp3) is 1.00. The summed E-state index contributed by atoms with van der Waals surface area (Å²) in [6.07, 6.45) is 3.82. The van der Waals surface area contributed by atoms with Crippen LogP contribution in [-0.2, 0) is 4.43 Å². The maximum absolute atomic E-state index is 5.45. The molecule has 0 rings (SSSR count). The van der Waals surface area contributed by atoms with Crippen LogP contribution >= 0.6 is 15.9 Å².